The van der Waals surface area contributed by atoms with Crippen LogP contribution in [0.3, 0.4) is 0 Å². The molecule has 37 heavy (non-hydrogen) atoms. The van der Waals surface area contributed by atoms with Gasteiger partial charge >= 0.3 is 12.3 Å². The summed E-state index contributed by atoms with van der Waals surface area (Å²) in [5.41, 5.74) is -1.71. The zero-order valence-corrected chi connectivity index (χ0v) is 22.2. The smallest absolute Gasteiger partial charge is 0.422 e. The highest BCUT2D eigenvalue weighted by Crippen LogP contribution is 2.48. The fourth-order valence-electron chi connectivity index (χ4n) is 7.10. The molecule has 0 radical (unpaired) electrons. The summed E-state index contributed by atoms with van der Waals surface area (Å²) in [6.45, 7) is 4.40. The molecule has 1 aromatic carbocycles. The molecule has 0 aromatic heterocycles. The monoisotopic (exact) mass is 532 g/mol. The Labute approximate surface area is 217 Å². The van der Waals surface area contributed by atoms with Gasteiger partial charge in [-0.15, -0.1) is 0 Å². The molecule has 3 fully saturated rings. The van der Waals surface area contributed by atoms with Crippen LogP contribution in [0.15, 0.2) is 12.1 Å². The second kappa shape index (κ2) is 11.8. The second-order valence-corrected chi connectivity index (χ2v) is 12.4. The highest BCUT2D eigenvalue weighted by atomic mass is 19.4. The third-order valence-corrected chi connectivity index (χ3v) is 9.59. The van der Waals surface area contributed by atoms with Crippen molar-refractivity contribution >= 4 is 0 Å². The first-order valence-electron chi connectivity index (χ1n) is 14.4. The average molecular weight is 533 g/mol. The zero-order valence-electron chi connectivity index (χ0n) is 22.2. The predicted molar refractivity (Wildman–Crippen MR) is 133 cm³/mol. The maximum absolute atomic E-state index is 15.4. The molecule has 210 valence electrons. The lowest BCUT2D eigenvalue weighted by Gasteiger charge is -2.37. The molecule has 0 atom stereocenters. The van der Waals surface area contributed by atoms with Crippen LogP contribution < -0.4 is 4.74 Å². The standard InChI is InChI=1S/C30H42F6O/c1-19-3-7-21(8-4-19)17-18-29(32,33)37-26-16-15-25(28(31)27(26)30(34,35)36)24-13-11-23(12-14-24)22-9-5-20(2)6-10-22/h15-16,19-24H,3-14,17-18H2,1-2H3. The van der Waals surface area contributed by atoms with Crippen LogP contribution in [0.5, 0.6) is 5.75 Å². The van der Waals surface area contributed by atoms with Gasteiger partial charge in [0.15, 0.2) is 0 Å². The Balaban J connectivity index is 1.42. The van der Waals surface area contributed by atoms with Crippen molar-refractivity contribution < 1.29 is 31.1 Å². The molecule has 0 saturated heterocycles. The molecule has 0 N–H and O–H groups in total. The molecule has 3 aliphatic carbocycles. The fourth-order valence-corrected chi connectivity index (χ4v) is 7.10. The summed E-state index contributed by atoms with van der Waals surface area (Å²) in [4.78, 5) is 0. The van der Waals surface area contributed by atoms with Gasteiger partial charge in [-0.25, -0.2) is 4.39 Å². The van der Waals surface area contributed by atoms with Crippen molar-refractivity contribution in [1.29, 1.82) is 0 Å². The van der Waals surface area contributed by atoms with Gasteiger partial charge in [-0.05, 0) is 92.1 Å². The van der Waals surface area contributed by atoms with E-state index in [1.807, 2.05) is 0 Å². The van der Waals surface area contributed by atoms with Crippen molar-refractivity contribution in [2.75, 3.05) is 0 Å². The van der Waals surface area contributed by atoms with Crippen molar-refractivity contribution in [3.05, 3.63) is 29.1 Å². The highest BCUT2D eigenvalue weighted by Gasteiger charge is 2.43. The van der Waals surface area contributed by atoms with Gasteiger partial charge in [0.2, 0.25) is 0 Å². The van der Waals surface area contributed by atoms with E-state index in [0.29, 0.717) is 30.6 Å². The maximum Gasteiger partial charge on any atom is 0.422 e. The van der Waals surface area contributed by atoms with Gasteiger partial charge in [-0.2, -0.15) is 22.0 Å². The summed E-state index contributed by atoms with van der Waals surface area (Å²) in [5, 5.41) is 0. The molecule has 3 saturated carbocycles. The minimum absolute atomic E-state index is 0.0185. The Bertz CT molecular complexity index is 873. The molecule has 0 unspecified atom stereocenters. The minimum Gasteiger partial charge on any atom is -0.432 e. The van der Waals surface area contributed by atoms with Crippen molar-refractivity contribution in [2.45, 2.75) is 122 Å². The summed E-state index contributed by atoms with van der Waals surface area (Å²) in [6, 6.07) is 2.15. The van der Waals surface area contributed by atoms with Crippen molar-refractivity contribution in [1.82, 2.24) is 0 Å². The normalized spacial score (nSPS) is 31.8. The van der Waals surface area contributed by atoms with Crippen molar-refractivity contribution in [3.63, 3.8) is 0 Å². The molecule has 0 aliphatic heterocycles. The summed E-state index contributed by atoms with van der Waals surface area (Å²) < 4.78 is 91.0. The molecule has 0 spiro atoms. The molecule has 0 heterocycles. The molecule has 0 bridgehead atoms. The number of benzene rings is 1. The molecule has 4 rings (SSSR count). The molecular formula is C30H42F6O. The van der Waals surface area contributed by atoms with Crippen LogP contribution in [0.4, 0.5) is 26.3 Å². The Morgan fingerprint density at radius 3 is 1.78 bits per heavy atom. The Kier molecular flexibility index (Phi) is 9.10. The van der Waals surface area contributed by atoms with E-state index in [1.165, 1.54) is 31.7 Å². The van der Waals surface area contributed by atoms with E-state index in [1.54, 1.807) is 0 Å². The Morgan fingerprint density at radius 1 is 0.730 bits per heavy atom. The van der Waals surface area contributed by atoms with Crippen LogP contribution in [-0.4, -0.2) is 6.11 Å². The van der Waals surface area contributed by atoms with E-state index in [4.69, 9.17) is 0 Å². The summed E-state index contributed by atoms with van der Waals surface area (Å²) >= 11 is 0. The Morgan fingerprint density at radius 2 is 1.24 bits per heavy atom. The van der Waals surface area contributed by atoms with Gasteiger partial charge in [-0.1, -0.05) is 58.4 Å². The molecule has 7 heteroatoms. The topological polar surface area (TPSA) is 9.23 Å². The first-order valence-corrected chi connectivity index (χ1v) is 14.4. The minimum atomic E-state index is -5.12. The van der Waals surface area contributed by atoms with Crippen molar-refractivity contribution in [2.24, 2.45) is 29.6 Å². The molecule has 1 nitrogen and oxygen atoms in total. The number of halogens is 6. The van der Waals surface area contributed by atoms with Crippen LogP contribution in [0.25, 0.3) is 0 Å². The summed E-state index contributed by atoms with van der Waals surface area (Å²) in [6.07, 6.45) is 2.09. The first kappa shape index (κ1) is 28.6. The average Bonchev–Trinajstić information content (AvgIpc) is 2.83. The van der Waals surface area contributed by atoms with Gasteiger partial charge in [-0.3, -0.25) is 0 Å². The van der Waals surface area contributed by atoms with E-state index in [9.17, 15) is 22.0 Å². The first-order chi connectivity index (χ1) is 17.4. The summed E-state index contributed by atoms with van der Waals surface area (Å²) in [5.74, 6) is -0.230. The number of hydrogen-bond donors (Lipinski definition) is 0. The van der Waals surface area contributed by atoms with Gasteiger partial charge < -0.3 is 4.74 Å². The quantitative estimate of drug-likeness (QED) is 0.317. The van der Waals surface area contributed by atoms with Gasteiger partial charge in [0.25, 0.3) is 0 Å². The van der Waals surface area contributed by atoms with Gasteiger partial charge in [0.05, 0.1) is 6.42 Å². The van der Waals surface area contributed by atoms with Crippen LogP contribution in [0.1, 0.15) is 121 Å². The summed E-state index contributed by atoms with van der Waals surface area (Å²) in [7, 11) is 0. The van der Waals surface area contributed by atoms with Crippen LogP contribution in [0, 0.1) is 35.4 Å². The SMILES string of the molecule is CC1CCC(CCC(F)(F)Oc2ccc(C3CCC(C4CCC(C)CC4)CC3)c(F)c2C(F)(F)F)CC1. The van der Waals surface area contributed by atoms with E-state index < -0.39 is 35.8 Å². The molecular weight excluding hydrogens is 490 g/mol. The predicted octanol–water partition coefficient (Wildman–Crippen LogP) is 10.5. The highest BCUT2D eigenvalue weighted by molar-refractivity contribution is 5.42. The zero-order chi connectivity index (χ0) is 26.8. The largest absolute Gasteiger partial charge is 0.432 e. The van der Waals surface area contributed by atoms with Gasteiger partial charge in [0.1, 0.15) is 17.1 Å². The third-order valence-electron chi connectivity index (χ3n) is 9.59. The lowest BCUT2D eigenvalue weighted by Crippen LogP contribution is -2.28. The molecule has 0 amide bonds. The fraction of sp³-hybridized carbons (Fsp3) is 0.800. The van der Waals surface area contributed by atoms with Crippen LogP contribution >= 0.6 is 0 Å². The molecule has 3 aliphatic rings. The van der Waals surface area contributed by atoms with E-state index in [0.717, 1.165) is 50.5 Å². The van der Waals surface area contributed by atoms with E-state index >= 15 is 4.39 Å². The van der Waals surface area contributed by atoms with Crippen LogP contribution in [0.2, 0.25) is 0 Å². The lowest BCUT2D eigenvalue weighted by molar-refractivity contribution is -0.189. The second-order valence-electron chi connectivity index (χ2n) is 12.4. The number of hydrogen-bond acceptors (Lipinski definition) is 1. The van der Waals surface area contributed by atoms with E-state index in [-0.39, 0.29) is 23.8 Å². The lowest BCUT2D eigenvalue weighted by atomic mass is 9.68. The van der Waals surface area contributed by atoms with Gasteiger partial charge in [0, 0.05) is 0 Å². The number of rotatable bonds is 7. The maximum atomic E-state index is 15.4. The van der Waals surface area contributed by atoms with Crippen molar-refractivity contribution in [3.8, 4) is 5.75 Å². The third kappa shape index (κ3) is 7.38. The Hall–Kier alpha value is -1.40. The van der Waals surface area contributed by atoms with E-state index in [2.05, 4.69) is 18.6 Å². The molecule has 1 aromatic rings. The number of alkyl halides is 5. The number of ether oxygens (including phenoxy) is 1. The van der Waals surface area contributed by atoms with Crippen LogP contribution in [-0.2, 0) is 6.18 Å².